The van der Waals surface area contributed by atoms with Crippen molar-refractivity contribution in [2.45, 2.75) is 70.1 Å². The summed E-state index contributed by atoms with van der Waals surface area (Å²) in [5.74, 6) is 0.355. The van der Waals surface area contributed by atoms with Crippen LogP contribution in [-0.4, -0.2) is 50.0 Å². The molecule has 0 saturated carbocycles. The molecule has 1 heterocycles. The van der Waals surface area contributed by atoms with Crippen LogP contribution in [0.5, 0.6) is 5.75 Å². The molecule has 0 spiro atoms. The number of carbonyl (C=O) groups excluding carboxylic acids is 1. The van der Waals surface area contributed by atoms with Crippen LogP contribution in [0.4, 0.5) is 5.69 Å². The van der Waals surface area contributed by atoms with Gasteiger partial charge in [0.25, 0.3) is 5.91 Å². The molecule has 2 aromatic carbocycles. The number of terminal acetylenes is 2. The molecule has 0 fully saturated rings. The number of nitrogens with zero attached hydrogens (tertiary/aromatic N) is 1. The number of carboxylic acid groups (broad SMARTS) is 1. The summed E-state index contributed by atoms with van der Waals surface area (Å²) in [5, 5.41) is 10.5. The van der Waals surface area contributed by atoms with Crippen LogP contribution in [0.25, 0.3) is 0 Å². The van der Waals surface area contributed by atoms with Crippen molar-refractivity contribution in [3.8, 4) is 31.4 Å². The number of hydrogen-bond donors (Lipinski definition) is 2. The molecule has 0 atom stereocenters. The van der Waals surface area contributed by atoms with Crippen molar-refractivity contribution in [2.24, 2.45) is 5.41 Å². The first-order valence-electron chi connectivity index (χ1n) is 14.0. The maximum atomic E-state index is 11.0. The maximum absolute atomic E-state index is 11.0. The third-order valence-corrected chi connectivity index (χ3v) is 8.16. The lowest BCUT2D eigenvalue weighted by Crippen LogP contribution is -2.33. The predicted octanol–water partition coefficient (Wildman–Crippen LogP) is 6.92. The standard InChI is InChI=1S/C20H33NS.C10H11NO4.2C2H2/c1-5-7-12-20(13-8-6-2)14-11-17-15-18(21(3)4)9-10-19(17)22-16-20;12-9(11-6-10(13)14)7-15-8-4-2-1-3-5-8;2*1-2/h9-10,15H,5-8,11-14,16H2,1-4H3;1-5H,6-7H2,(H,11,12)(H,13,14);2*1-2H. The summed E-state index contributed by atoms with van der Waals surface area (Å²) in [6.45, 7) is 4.08. The molecule has 0 unspecified atom stereocenters. The van der Waals surface area contributed by atoms with Crippen molar-refractivity contribution in [1.82, 2.24) is 5.32 Å². The van der Waals surface area contributed by atoms with Crippen LogP contribution in [0.15, 0.2) is 53.4 Å². The number of hydrogen-bond acceptors (Lipinski definition) is 5. The maximum Gasteiger partial charge on any atom is 0.322 e. The Balaban J connectivity index is 0.000000735. The van der Waals surface area contributed by atoms with Crippen LogP contribution in [0.2, 0.25) is 0 Å². The molecular weight excluding hydrogens is 532 g/mol. The third-order valence-electron chi connectivity index (χ3n) is 6.69. The zero-order valence-corrected chi connectivity index (χ0v) is 26.1. The molecule has 6 nitrogen and oxygen atoms in total. The second kappa shape index (κ2) is 22.2. The first kappa shape index (κ1) is 37.5. The highest BCUT2D eigenvalue weighted by Crippen LogP contribution is 2.45. The van der Waals surface area contributed by atoms with Gasteiger partial charge in [-0.25, -0.2) is 0 Å². The molecule has 2 N–H and O–H groups in total. The Morgan fingerprint density at radius 3 is 2.15 bits per heavy atom. The number of carboxylic acids is 1. The number of thioether (sulfide) groups is 1. The quantitative estimate of drug-likeness (QED) is 0.265. The first-order chi connectivity index (χ1) is 19.8. The fraction of sp³-hybridized carbons (Fsp3) is 0.471. The summed E-state index contributed by atoms with van der Waals surface area (Å²) in [6.07, 6.45) is 26.9. The van der Waals surface area contributed by atoms with Crippen molar-refractivity contribution in [2.75, 3.05) is 37.9 Å². The second-order valence-electron chi connectivity index (χ2n) is 9.95. The molecule has 0 saturated heterocycles. The molecule has 3 rings (SSSR count). The highest BCUT2D eigenvalue weighted by molar-refractivity contribution is 7.99. The van der Waals surface area contributed by atoms with Gasteiger partial charge < -0.3 is 20.1 Å². The Morgan fingerprint density at radius 1 is 1.00 bits per heavy atom. The molecule has 0 bridgehead atoms. The number of rotatable bonds is 12. The number of aliphatic carboxylic acids is 1. The Hall–Kier alpha value is -3.55. The number of para-hydroxylation sites is 1. The summed E-state index contributed by atoms with van der Waals surface area (Å²) in [7, 11) is 4.27. The van der Waals surface area contributed by atoms with Crippen molar-refractivity contribution in [3.63, 3.8) is 0 Å². The highest BCUT2D eigenvalue weighted by atomic mass is 32.2. The fourth-order valence-electron chi connectivity index (χ4n) is 4.40. The minimum absolute atomic E-state index is 0.183. The van der Waals surface area contributed by atoms with E-state index in [1.807, 2.05) is 6.07 Å². The van der Waals surface area contributed by atoms with E-state index in [2.05, 4.69) is 93.8 Å². The summed E-state index contributed by atoms with van der Waals surface area (Å²) in [6, 6.07) is 15.9. The molecule has 41 heavy (non-hydrogen) atoms. The van der Waals surface area contributed by atoms with Crippen LogP contribution in [-0.2, 0) is 16.0 Å². The number of unbranched alkanes of at least 4 members (excludes halogenated alkanes) is 2. The lowest BCUT2D eigenvalue weighted by Gasteiger charge is -2.32. The van der Waals surface area contributed by atoms with Gasteiger partial charge in [0, 0.05) is 30.4 Å². The number of ether oxygens (including phenoxy) is 1. The van der Waals surface area contributed by atoms with E-state index in [0.717, 1.165) is 0 Å². The SMILES string of the molecule is C#C.C#C.CCCCC1(CCCC)CCc2cc(N(C)C)ccc2SC1.O=C(O)CNC(=O)COc1ccccc1. The Bertz CT molecular complexity index is 1040. The number of nitrogens with one attached hydrogen (secondary N) is 1. The summed E-state index contributed by atoms with van der Waals surface area (Å²) in [5.41, 5.74) is 3.49. The Labute approximate surface area is 252 Å². The van der Waals surface area contributed by atoms with Gasteiger partial charge >= 0.3 is 5.97 Å². The average Bonchev–Trinajstić information content (AvgIpc) is 3.19. The number of fused-ring (bicyclic) bond motifs is 1. The van der Waals surface area contributed by atoms with Crippen LogP contribution < -0.4 is 15.0 Å². The smallest absolute Gasteiger partial charge is 0.322 e. The van der Waals surface area contributed by atoms with Crippen LogP contribution >= 0.6 is 11.8 Å². The van der Waals surface area contributed by atoms with Gasteiger partial charge in [-0.2, -0.15) is 0 Å². The van der Waals surface area contributed by atoms with Gasteiger partial charge in [-0.15, -0.1) is 37.5 Å². The van der Waals surface area contributed by atoms with Gasteiger partial charge in [0.05, 0.1) is 0 Å². The Morgan fingerprint density at radius 2 is 1.61 bits per heavy atom. The van der Waals surface area contributed by atoms with E-state index in [1.54, 1.807) is 29.8 Å². The average molecular weight is 581 g/mol. The number of benzene rings is 2. The monoisotopic (exact) mass is 580 g/mol. The number of amides is 1. The number of anilines is 1. The van der Waals surface area contributed by atoms with E-state index in [0.29, 0.717) is 11.2 Å². The van der Waals surface area contributed by atoms with Gasteiger partial charge in [0.2, 0.25) is 0 Å². The molecule has 0 aromatic heterocycles. The van der Waals surface area contributed by atoms with E-state index in [-0.39, 0.29) is 6.61 Å². The third kappa shape index (κ3) is 15.1. The molecule has 1 aliphatic rings. The van der Waals surface area contributed by atoms with Gasteiger partial charge in [0.15, 0.2) is 6.61 Å². The van der Waals surface area contributed by atoms with Crippen LogP contribution in [0, 0.1) is 31.1 Å². The lowest BCUT2D eigenvalue weighted by atomic mass is 9.75. The number of aryl methyl sites for hydroxylation is 1. The van der Waals surface area contributed by atoms with E-state index < -0.39 is 18.4 Å². The van der Waals surface area contributed by atoms with Crippen molar-refractivity contribution in [1.29, 1.82) is 0 Å². The van der Waals surface area contributed by atoms with Crippen LogP contribution in [0.3, 0.4) is 0 Å². The zero-order valence-electron chi connectivity index (χ0n) is 25.2. The normalized spacial score (nSPS) is 12.6. The predicted molar refractivity (Wildman–Crippen MR) is 174 cm³/mol. The fourth-order valence-corrected chi connectivity index (χ4v) is 5.80. The zero-order chi connectivity index (χ0) is 31.1. The minimum atomic E-state index is -1.08. The summed E-state index contributed by atoms with van der Waals surface area (Å²) >= 11 is 2.12. The van der Waals surface area contributed by atoms with Gasteiger partial charge in [-0.05, 0) is 67.0 Å². The van der Waals surface area contributed by atoms with E-state index in [9.17, 15) is 9.59 Å². The largest absolute Gasteiger partial charge is 0.484 e. The highest BCUT2D eigenvalue weighted by Gasteiger charge is 2.31. The molecule has 1 amide bonds. The van der Waals surface area contributed by atoms with E-state index in [1.165, 1.54) is 67.7 Å². The second-order valence-corrected chi connectivity index (χ2v) is 11.0. The van der Waals surface area contributed by atoms with Crippen molar-refractivity contribution in [3.05, 3.63) is 54.1 Å². The summed E-state index contributed by atoms with van der Waals surface area (Å²) < 4.78 is 5.10. The summed E-state index contributed by atoms with van der Waals surface area (Å²) in [4.78, 5) is 24.9. The first-order valence-corrected chi connectivity index (χ1v) is 15.0. The lowest BCUT2D eigenvalue weighted by molar-refractivity contribution is -0.138. The molecule has 7 heteroatoms. The Kier molecular flexibility index (Phi) is 20.3. The topological polar surface area (TPSA) is 78.9 Å². The minimum Gasteiger partial charge on any atom is -0.484 e. The van der Waals surface area contributed by atoms with E-state index >= 15 is 0 Å². The van der Waals surface area contributed by atoms with E-state index in [4.69, 9.17) is 9.84 Å². The number of carbonyl (C=O) groups is 2. The van der Waals surface area contributed by atoms with Gasteiger partial charge in [0.1, 0.15) is 12.3 Å². The molecule has 1 aliphatic heterocycles. The van der Waals surface area contributed by atoms with Gasteiger partial charge in [-0.1, -0.05) is 57.7 Å². The molecule has 2 aromatic rings. The van der Waals surface area contributed by atoms with Crippen molar-refractivity contribution < 1.29 is 19.4 Å². The molecule has 0 radical (unpaired) electrons. The molecule has 224 valence electrons. The molecule has 0 aliphatic carbocycles. The van der Waals surface area contributed by atoms with Crippen LogP contribution in [0.1, 0.15) is 64.4 Å². The molecular formula is C34H48N2O4S. The van der Waals surface area contributed by atoms with Gasteiger partial charge in [-0.3, -0.25) is 9.59 Å². The van der Waals surface area contributed by atoms with Crippen molar-refractivity contribution >= 4 is 29.3 Å².